The Hall–Kier alpha value is 0.867. The Balaban J connectivity index is 3.58. The lowest BCUT2D eigenvalue weighted by molar-refractivity contribution is 0.257. The van der Waals surface area contributed by atoms with Crippen molar-refractivity contribution < 1.29 is 8.85 Å². The molecule has 8 heavy (non-hydrogen) atoms. The van der Waals surface area contributed by atoms with E-state index in [1.807, 2.05) is 6.55 Å². The van der Waals surface area contributed by atoms with Crippen LogP contribution in [0, 0.1) is 0 Å². The molecule has 50 valence electrons. The van der Waals surface area contributed by atoms with E-state index in [9.17, 15) is 0 Å². The fourth-order valence-corrected chi connectivity index (χ4v) is 2.45. The van der Waals surface area contributed by atoms with E-state index in [1.54, 1.807) is 14.2 Å². The van der Waals surface area contributed by atoms with Gasteiger partial charge in [0, 0.05) is 18.3 Å². The smallest absolute Gasteiger partial charge is 0.344 e. The van der Waals surface area contributed by atoms with Gasteiger partial charge in [-0.3, -0.25) is 0 Å². The van der Waals surface area contributed by atoms with Gasteiger partial charge < -0.3 is 8.85 Å². The van der Waals surface area contributed by atoms with Crippen LogP contribution < -0.4 is 0 Å². The molecule has 0 aliphatic rings. The Morgan fingerprint density at radius 1 is 1.38 bits per heavy atom. The third-order valence-corrected chi connectivity index (χ3v) is 7.48. The predicted molar refractivity (Wildman–Crippen MR) is 44.5 cm³/mol. The van der Waals surface area contributed by atoms with Gasteiger partial charge in [0.05, 0.1) is 0 Å². The second kappa shape index (κ2) is 3.81. The lowest BCUT2D eigenvalue weighted by Gasteiger charge is -2.18. The molecule has 0 spiro atoms. The Labute approximate surface area is 65.0 Å². The van der Waals surface area contributed by atoms with Crippen molar-refractivity contribution in [3.05, 3.63) is 0 Å². The predicted octanol–water partition coefficient (Wildman–Crippen LogP) is 1.33. The van der Waals surface area contributed by atoms with Crippen LogP contribution in [0.4, 0.5) is 0 Å². The van der Waals surface area contributed by atoms with Crippen LogP contribution in [-0.4, -0.2) is 26.8 Å². The summed E-state index contributed by atoms with van der Waals surface area (Å²) in [5, 5.41) is 0. The second-order valence-electron chi connectivity index (χ2n) is 1.68. The minimum absolute atomic E-state index is 0.984. The summed E-state index contributed by atoms with van der Waals surface area (Å²) < 4.78 is 11.3. The van der Waals surface area contributed by atoms with Gasteiger partial charge in [0.25, 0.3) is 0 Å². The number of hydrogen-bond acceptors (Lipinski definition) is 2. The second-order valence-corrected chi connectivity index (χ2v) is 7.32. The molecule has 0 fully saturated rings. The molecule has 0 rings (SSSR count). The van der Waals surface area contributed by atoms with Gasteiger partial charge in [0.2, 0.25) is 0 Å². The molecule has 0 saturated heterocycles. The molecule has 0 aliphatic carbocycles. The molecular weight excluding hydrogens is 235 g/mol. The van der Waals surface area contributed by atoms with Crippen LogP contribution >= 0.6 is 22.6 Å². The summed E-state index contributed by atoms with van der Waals surface area (Å²) >= 11 is 2.28. The van der Waals surface area contributed by atoms with E-state index in [-0.39, 0.29) is 0 Å². The molecule has 0 N–H and O–H groups in total. The molecular formula is C4H11IO2Si. The molecule has 0 aromatic rings. The lowest BCUT2D eigenvalue weighted by atomic mass is 11.8. The maximum absolute atomic E-state index is 5.15. The summed E-state index contributed by atoms with van der Waals surface area (Å²) in [7, 11) is 1.72. The number of rotatable bonds is 3. The van der Waals surface area contributed by atoms with Crippen molar-refractivity contribution in [1.29, 1.82) is 0 Å². The van der Waals surface area contributed by atoms with Crippen molar-refractivity contribution >= 4 is 31.2 Å². The van der Waals surface area contributed by atoms with Crippen LogP contribution in [0.15, 0.2) is 0 Å². The Morgan fingerprint density at radius 2 is 1.75 bits per heavy atom. The first-order chi connectivity index (χ1) is 3.68. The van der Waals surface area contributed by atoms with Gasteiger partial charge in [-0.2, -0.15) is 0 Å². The van der Waals surface area contributed by atoms with Crippen molar-refractivity contribution in [3.63, 3.8) is 0 Å². The first-order valence-corrected chi connectivity index (χ1v) is 6.39. The van der Waals surface area contributed by atoms with Crippen molar-refractivity contribution in [1.82, 2.24) is 0 Å². The van der Waals surface area contributed by atoms with Crippen molar-refractivity contribution in [2.75, 3.05) is 18.3 Å². The van der Waals surface area contributed by atoms with Crippen LogP contribution in [-0.2, 0) is 8.85 Å². The van der Waals surface area contributed by atoms with Gasteiger partial charge in [-0.1, -0.05) is 22.6 Å². The van der Waals surface area contributed by atoms with Crippen molar-refractivity contribution in [2.45, 2.75) is 6.55 Å². The monoisotopic (exact) mass is 246 g/mol. The molecule has 0 saturated carbocycles. The Kier molecular flexibility index (Phi) is 4.22. The van der Waals surface area contributed by atoms with E-state index < -0.39 is 8.56 Å². The molecule has 0 aromatic carbocycles. The summed E-state index contributed by atoms with van der Waals surface area (Å²) in [6.07, 6.45) is 0. The summed E-state index contributed by atoms with van der Waals surface area (Å²) in [5.74, 6) is 0. The average molecular weight is 246 g/mol. The molecule has 0 aromatic heterocycles. The van der Waals surface area contributed by atoms with E-state index in [2.05, 4.69) is 22.6 Å². The maximum Gasteiger partial charge on any atom is 0.344 e. The molecule has 2 nitrogen and oxygen atoms in total. The lowest BCUT2D eigenvalue weighted by Crippen LogP contribution is -2.38. The Bertz CT molecular complexity index is 56.8. The molecule has 0 atom stereocenters. The summed E-state index contributed by atoms with van der Waals surface area (Å²) in [6, 6.07) is 0. The van der Waals surface area contributed by atoms with Gasteiger partial charge in [0.15, 0.2) is 0 Å². The highest BCUT2D eigenvalue weighted by atomic mass is 127. The highest BCUT2D eigenvalue weighted by molar-refractivity contribution is 14.1. The number of halogens is 1. The summed E-state index contributed by atoms with van der Waals surface area (Å²) in [6.45, 7) is 2.04. The number of alkyl halides is 1. The van der Waals surface area contributed by atoms with Crippen LogP contribution in [0.25, 0.3) is 0 Å². The van der Waals surface area contributed by atoms with Crippen LogP contribution in [0.1, 0.15) is 0 Å². The van der Waals surface area contributed by atoms with Crippen LogP contribution in [0.5, 0.6) is 0 Å². The van der Waals surface area contributed by atoms with Crippen LogP contribution in [0.3, 0.4) is 0 Å². The molecule has 0 radical (unpaired) electrons. The minimum atomic E-state index is -1.68. The summed E-state index contributed by atoms with van der Waals surface area (Å²) in [5.41, 5.74) is 0. The van der Waals surface area contributed by atoms with Crippen molar-refractivity contribution in [2.24, 2.45) is 0 Å². The fraction of sp³-hybridized carbons (Fsp3) is 1.00. The van der Waals surface area contributed by atoms with Gasteiger partial charge in [-0.05, 0) is 6.55 Å². The van der Waals surface area contributed by atoms with Gasteiger partial charge in [-0.15, -0.1) is 0 Å². The van der Waals surface area contributed by atoms with Crippen molar-refractivity contribution in [3.8, 4) is 0 Å². The zero-order valence-electron chi connectivity index (χ0n) is 5.40. The molecule has 4 heteroatoms. The minimum Gasteiger partial charge on any atom is -0.397 e. The third-order valence-electron chi connectivity index (χ3n) is 1.11. The Morgan fingerprint density at radius 3 is 1.75 bits per heavy atom. The molecule has 0 heterocycles. The number of hydrogen-bond donors (Lipinski definition) is 0. The SMILES string of the molecule is CO[Si](C)(CI)OC. The van der Waals surface area contributed by atoms with Gasteiger partial charge in [-0.25, -0.2) is 0 Å². The first kappa shape index (κ1) is 8.87. The maximum atomic E-state index is 5.15. The summed E-state index contributed by atoms with van der Waals surface area (Å²) in [4.78, 5) is 0. The standard InChI is InChI=1S/C4H11IO2Si/c1-6-8(3,4-5)7-2/h4H2,1-3H3. The fourth-order valence-electron chi connectivity index (χ4n) is 0.192. The zero-order chi connectivity index (χ0) is 6.62. The quantitative estimate of drug-likeness (QED) is 0.425. The van der Waals surface area contributed by atoms with E-state index in [4.69, 9.17) is 8.85 Å². The third kappa shape index (κ3) is 2.43. The average Bonchev–Trinajstić information content (AvgIpc) is 1.87. The van der Waals surface area contributed by atoms with E-state index >= 15 is 0 Å². The van der Waals surface area contributed by atoms with E-state index in [0.717, 1.165) is 4.05 Å². The first-order valence-electron chi connectivity index (χ1n) is 2.35. The molecule has 0 amide bonds. The van der Waals surface area contributed by atoms with E-state index in [1.165, 1.54) is 0 Å². The normalized spacial score (nSPS) is 12.0. The largest absolute Gasteiger partial charge is 0.397 e. The van der Waals surface area contributed by atoms with E-state index in [0.29, 0.717) is 0 Å². The van der Waals surface area contributed by atoms with Crippen LogP contribution in [0.2, 0.25) is 6.55 Å². The highest BCUT2D eigenvalue weighted by Gasteiger charge is 2.26. The van der Waals surface area contributed by atoms with Gasteiger partial charge >= 0.3 is 8.56 Å². The molecule has 0 unspecified atom stereocenters. The molecule has 0 aliphatic heterocycles. The topological polar surface area (TPSA) is 18.5 Å². The molecule has 0 bridgehead atoms. The highest BCUT2D eigenvalue weighted by Crippen LogP contribution is 2.06. The van der Waals surface area contributed by atoms with Gasteiger partial charge in [0.1, 0.15) is 0 Å². The zero-order valence-corrected chi connectivity index (χ0v) is 8.56.